The molecule has 1 saturated heterocycles. The van der Waals surface area contributed by atoms with Crippen LogP contribution in [-0.4, -0.2) is 38.8 Å². The second-order valence-corrected chi connectivity index (χ2v) is 6.31. The molecular weight excluding hydrogens is 302 g/mol. The highest BCUT2D eigenvalue weighted by molar-refractivity contribution is 5.74. The van der Waals surface area contributed by atoms with Gasteiger partial charge in [-0.3, -0.25) is 0 Å². The molecule has 0 atom stereocenters. The van der Waals surface area contributed by atoms with Gasteiger partial charge in [0.15, 0.2) is 0 Å². The predicted octanol–water partition coefficient (Wildman–Crippen LogP) is 2.46. The minimum absolute atomic E-state index is 0.0361. The Bertz CT molecular complexity index is 646. The van der Waals surface area contributed by atoms with Gasteiger partial charge in [-0.25, -0.2) is 4.79 Å². The topological polar surface area (TPSA) is 63.1 Å². The summed E-state index contributed by atoms with van der Waals surface area (Å²) >= 11 is 0. The van der Waals surface area contributed by atoms with Crippen molar-refractivity contribution in [2.45, 2.75) is 39.3 Å². The van der Waals surface area contributed by atoms with Crippen molar-refractivity contribution >= 4 is 6.03 Å². The van der Waals surface area contributed by atoms with Crippen LogP contribution in [0.25, 0.3) is 0 Å². The van der Waals surface area contributed by atoms with Gasteiger partial charge in [0.2, 0.25) is 0 Å². The molecule has 1 fully saturated rings. The van der Waals surface area contributed by atoms with E-state index in [0.29, 0.717) is 12.5 Å². The van der Waals surface area contributed by atoms with E-state index in [4.69, 9.17) is 0 Å². The van der Waals surface area contributed by atoms with Crippen LogP contribution in [0.1, 0.15) is 31.2 Å². The minimum atomic E-state index is 0.0361. The zero-order valence-corrected chi connectivity index (χ0v) is 14.2. The molecular formula is C18H25N5O. The molecule has 3 rings (SSSR count). The maximum Gasteiger partial charge on any atom is 0.317 e. The van der Waals surface area contributed by atoms with Crippen LogP contribution in [0.5, 0.6) is 0 Å². The monoisotopic (exact) mass is 327 g/mol. The lowest BCUT2D eigenvalue weighted by molar-refractivity contribution is 0.169. The lowest BCUT2D eigenvalue weighted by atomic mass is 9.93. The van der Waals surface area contributed by atoms with Gasteiger partial charge in [-0.15, -0.1) is 10.2 Å². The molecule has 0 radical (unpaired) electrons. The summed E-state index contributed by atoms with van der Waals surface area (Å²) in [6.07, 6.45) is 4.79. The number of aryl methyl sites for hydroxylation is 1. The van der Waals surface area contributed by atoms with Crippen LogP contribution in [0.3, 0.4) is 0 Å². The van der Waals surface area contributed by atoms with Gasteiger partial charge in [-0.05, 0) is 31.2 Å². The Kier molecular flexibility index (Phi) is 5.46. The number of benzene rings is 1. The van der Waals surface area contributed by atoms with E-state index in [-0.39, 0.29) is 6.03 Å². The molecule has 0 aliphatic carbocycles. The van der Waals surface area contributed by atoms with Crippen molar-refractivity contribution in [2.24, 2.45) is 5.92 Å². The number of hydrogen-bond acceptors (Lipinski definition) is 3. The summed E-state index contributed by atoms with van der Waals surface area (Å²) in [6.45, 7) is 5.21. The number of likely N-dealkylation sites (tertiary alicyclic amines) is 1. The largest absolute Gasteiger partial charge is 0.334 e. The van der Waals surface area contributed by atoms with E-state index < -0.39 is 0 Å². The number of urea groups is 1. The van der Waals surface area contributed by atoms with Crippen molar-refractivity contribution in [3.63, 3.8) is 0 Å². The predicted molar refractivity (Wildman–Crippen MR) is 92.4 cm³/mol. The number of nitrogens with zero attached hydrogens (tertiary/aromatic N) is 4. The molecule has 2 aromatic rings. The van der Waals surface area contributed by atoms with Crippen LogP contribution in [0, 0.1) is 5.92 Å². The van der Waals surface area contributed by atoms with Gasteiger partial charge in [-0.1, -0.05) is 30.3 Å². The lowest BCUT2D eigenvalue weighted by Crippen LogP contribution is -2.44. The highest BCUT2D eigenvalue weighted by atomic mass is 16.2. The first-order valence-electron chi connectivity index (χ1n) is 8.69. The molecule has 1 aliphatic rings. The molecule has 0 bridgehead atoms. The van der Waals surface area contributed by atoms with E-state index in [0.717, 1.165) is 50.3 Å². The maximum absolute atomic E-state index is 12.3. The lowest BCUT2D eigenvalue weighted by Gasteiger charge is -2.31. The molecule has 1 aliphatic heterocycles. The smallest absolute Gasteiger partial charge is 0.317 e. The first-order valence-corrected chi connectivity index (χ1v) is 8.69. The highest BCUT2D eigenvalue weighted by Gasteiger charge is 2.24. The first-order chi connectivity index (χ1) is 11.8. The number of piperidine rings is 1. The number of aromatic nitrogens is 3. The van der Waals surface area contributed by atoms with Crippen molar-refractivity contribution in [1.29, 1.82) is 0 Å². The summed E-state index contributed by atoms with van der Waals surface area (Å²) in [4.78, 5) is 14.2. The van der Waals surface area contributed by atoms with Gasteiger partial charge in [0.25, 0.3) is 0 Å². The third-order valence-electron chi connectivity index (χ3n) is 4.70. The number of hydrogen-bond donors (Lipinski definition) is 1. The summed E-state index contributed by atoms with van der Waals surface area (Å²) in [5.41, 5.74) is 1.12. The van der Waals surface area contributed by atoms with Gasteiger partial charge in [0.1, 0.15) is 12.2 Å². The molecule has 128 valence electrons. The molecule has 2 amide bonds. The summed E-state index contributed by atoms with van der Waals surface area (Å²) in [5, 5.41) is 11.2. The van der Waals surface area contributed by atoms with Crippen LogP contribution in [0.2, 0.25) is 0 Å². The van der Waals surface area contributed by atoms with Crippen LogP contribution in [0.4, 0.5) is 4.79 Å². The Morgan fingerprint density at radius 1 is 1.25 bits per heavy atom. The van der Waals surface area contributed by atoms with E-state index in [1.54, 1.807) is 6.33 Å². The zero-order valence-electron chi connectivity index (χ0n) is 14.2. The Labute approximate surface area is 142 Å². The zero-order chi connectivity index (χ0) is 16.8. The molecule has 6 nitrogen and oxygen atoms in total. The Hall–Kier alpha value is -2.37. The van der Waals surface area contributed by atoms with Gasteiger partial charge in [0, 0.05) is 32.6 Å². The van der Waals surface area contributed by atoms with Crippen LogP contribution in [0.15, 0.2) is 36.7 Å². The third kappa shape index (κ3) is 4.13. The third-order valence-corrected chi connectivity index (χ3v) is 4.70. The Morgan fingerprint density at radius 2 is 2.00 bits per heavy atom. The second-order valence-electron chi connectivity index (χ2n) is 6.31. The standard InChI is InChI=1S/C18H25N5O/c1-2-22-14-20-21-17(22)12-15-8-10-23(11-9-15)18(24)19-13-16-6-4-3-5-7-16/h3-7,14-15H,2,8-13H2,1H3,(H,19,24). The van der Waals surface area contributed by atoms with Crippen LogP contribution >= 0.6 is 0 Å². The van der Waals surface area contributed by atoms with Gasteiger partial charge in [0.05, 0.1) is 0 Å². The fourth-order valence-electron chi connectivity index (χ4n) is 3.18. The molecule has 1 N–H and O–H groups in total. The van der Waals surface area contributed by atoms with Gasteiger partial charge >= 0.3 is 6.03 Å². The molecule has 0 saturated carbocycles. The first kappa shape index (κ1) is 16.5. The summed E-state index contributed by atoms with van der Waals surface area (Å²) in [6, 6.07) is 10.0. The number of nitrogens with one attached hydrogen (secondary N) is 1. The van der Waals surface area contributed by atoms with Crippen LogP contribution in [-0.2, 0) is 19.5 Å². The van der Waals surface area contributed by atoms with Crippen molar-refractivity contribution < 1.29 is 4.79 Å². The van der Waals surface area contributed by atoms with E-state index in [1.807, 2.05) is 35.2 Å². The number of amides is 2. The van der Waals surface area contributed by atoms with Crippen molar-refractivity contribution in [3.05, 3.63) is 48.0 Å². The van der Waals surface area contributed by atoms with Gasteiger partial charge < -0.3 is 14.8 Å². The Morgan fingerprint density at radius 3 is 2.71 bits per heavy atom. The van der Waals surface area contributed by atoms with E-state index >= 15 is 0 Å². The number of rotatable bonds is 5. The Balaban J connectivity index is 1.43. The van der Waals surface area contributed by atoms with Gasteiger partial charge in [-0.2, -0.15) is 0 Å². The van der Waals surface area contributed by atoms with E-state index in [2.05, 4.69) is 27.0 Å². The van der Waals surface area contributed by atoms with Crippen molar-refractivity contribution in [3.8, 4) is 0 Å². The molecule has 0 spiro atoms. The average Bonchev–Trinajstić information content (AvgIpc) is 3.08. The van der Waals surface area contributed by atoms with E-state index in [1.165, 1.54) is 0 Å². The molecule has 24 heavy (non-hydrogen) atoms. The summed E-state index contributed by atoms with van der Waals surface area (Å²) in [7, 11) is 0. The SMILES string of the molecule is CCn1cnnc1CC1CCN(C(=O)NCc2ccccc2)CC1. The van der Waals surface area contributed by atoms with Crippen molar-refractivity contribution in [1.82, 2.24) is 25.0 Å². The molecule has 1 aromatic heterocycles. The maximum atomic E-state index is 12.3. The summed E-state index contributed by atoms with van der Waals surface area (Å²) < 4.78 is 2.10. The highest BCUT2D eigenvalue weighted by Crippen LogP contribution is 2.21. The molecule has 6 heteroatoms. The van der Waals surface area contributed by atoms with Crippen molar-refractivity contribution in [2.75, 3.05) is 13.1 Å². The fourth-order valence-corrected chi connectivity index (χ4v) is 3.18. The second kappa shape index (κ2) is 7.95. The molecule has 2 heterocycles. The normalized spacial score (nSPS) is 15.5. The quantitative estimate of drug-likeness (QED) is 0.917. The average molecular weight is 327 g/mol. The minimum Gasteiger partial charge on any atom is -0.334 e. The van der Waals surface area contributed by atoms with Crippen LogP contribution < -0.4 is 5.32 Å². The fraction of sp³-hybridized carbons (Fsp3) is 0.500. The molecule has 1 aromatic carbocycles. The number of carbonyl (C=O) groups excluding carboxylic acids is 1. The number of carbonyl (C=O) groups is 1. The molecule has 0 unspecified atom stereocenters. The van der Waals surface area contributed by atoms with E-state index in [9.17, 15) is 4.79 Å². The summed E-state index contributed by atoms with van der Waals surface area (Å²) in [5.74, 6) is 1.64.